The molecule has 0 bridgehead atoms. The van der Waals surface area contributed by atoms with Gasteiger partial charge in [0.1, 0.15) is 17.7 Å². The Bertz CT molecular complexity index is 743. The summed E-state index contributed by atoms with van der Waals surface area (Å²) in [6.45, 7) is 1.93. The Hall–Kier alpha value is -1.78. The van der Waals surface area contributed by atoms with Crippen molar-refractivity contribution < 1.29 is 26.7 Å². The molecule has 1 aromatic rings. The van der Waals surface area contributed by atoms with Gasteiger partial charge in [0.05, 0.1) is 23.2 Å². The molecule has 0 aromatic heterocycles. The monoisotopic (exact) mass is 377 g/mol. The largest absolute Gasteiger partial charge is 0.364 e. The van der Waals surface area contributed by atoms with Crippen molar-refractivity contribution >= 4 is 27.3 Å². The maximum Gasteiger partial charge on any atom is 0.253 e. The van der Waals surface area contributed by atoms with Crippen LogP contribution in [0, 0.1) is 11.6 Å². The molecule has 1 aliphatic heterocycles. The van der Waals surface area contributed by atoms with Gasteiger partial charge < -0.3 is 15.8 Å². The lowest BCUT2D eigenvalue weighted by Gasteiger charge is -2.15. The van der Waals surface area contributed by atoms with Crippen molar-refractivity contribution in [2.45, 2.75) is 38.4 Å². The highest BCUT2D eigenvalue weighted by Crippen LogP contribution is 2.26. The van der Waals surface area contributed by atoms with E-state index in [1.807, 2.05) is 4.72 Å². The van der Waals surface area contributed by atoms with Gasteiger partial charge in [0.25, 0.3) is 5.91 Å². The Morgan fingerprint density at radius 2 is 1.96 bits per heavy atom. The highest BCUT2D eigenvalue weighted by atomic mass is 32.2. The van der Waals surface area contributed by atoms with Crippen molar-refractivity contribution in [3.05, 3.63) is 23.8 Å². The number of nitrogens with one attached hydrogen (secondary N) is 2. The summed E-state index contributed by atoms with van der Waals surface area (Å²) >= 11 is 0. The fourth-order valence-corrected chi connectivity index (χ4v) is 3.63. The first-order chi connectivity index (χ1) is 11.8. The molecule has 0 spiro atoms. The van der Waals surface area contributed by atoms with Crippen LogP contribution in [-0.2, 0) is 19.6 Å². The van der Waals surface area contributed by atoms with Crippen molar-refractivity contribution in [3.8, 4) is 0 Å². The number of anilines is 2. The van der Waals surface area contributed by atoms with Gasteiger partial charge in [0, 0.05) is 12.6 Å². The van der Waals surface area contributed by atoms with Gasteiger partial charge in [-0.3, -0.25) is 9.52 Å². The third-order valence-electron chi connectivity index (χ3n) is 3.72. The first kappa shape index (κ1) is 19.5. The van der Waals surface area contributed by atoms with Gasteiger partial charge >= 0.3 is 0 Å². The topological polar surface area (TPSA) is 111 Å². The van der Waals surface area contributed by atoms with Crippen molar-refractivity contribution in [2.75, 3.05) is 22.3 Å². The lowest BCUT2D eigenvalue weighted by Crippen LogP contribution is -2.30. The molecule has 1 aliphatic rings. The average molecular weight is 377 g/mol. The number of amides is 1. The molecule has 0 saturated carbocycles. The number of hydrogen-bond acceptors (Lipinski definition) is 5. The molecule has 7 nitrogen and oxygen atoms in total. The second kappa shape index (κ2) is 8.07. The summed E-state index contributed by atoms with van der Waals surface area (Å²) in [5, 5.41) is 2.30. The van der Waals surface area contributed by atoms with Crippen LogP contribution < -0.4 is 15.8 Å². The van der Waals surface area contributed by atoms with Crippen LogP contribution in [0.5, 0.6) is 0 Å². The molecule has 2 atom stereocenters. The molecule has 1 heterocycles. The summed E-state index contributed by atoms with van der Waals surface area (Å²) in [6, 6.07) is 1.42. The van der Waals surface area contributed by atoms with E-state index in [1.165, 1.54) is 0 Å². The Morgan fingerprint density at radius 3 is 2.56 bits per heavy atom. The summed E-state index contributed by atoms with van der Waals surface area (Å²) in [7, 11) is -3.76. The van der Waals surface area contributed by atoms with Crippen LogP contribution in [0.3, 0.4) is 0 Å². The predicted molar refractivity (Wildman–Crippen MR) is 89.6 cm³/mol. The molecule has 4 N–H and O–H groups in total. The Kier molecular flexibility index (Phi) is 6.31. The first-order valence-electron chi connectivity index (χ1n) is 7.91. The molecule has 0 radical (unpaired) electrons. The summed E-state index contributed by atoms with van der Waals surface area (Å²) in [5.74, 6) is -2.89. The van der Waals surface area contributed by atoms with E-state index in [9.17, 15) is 22.0 Å². The van der Waals surface area contributed by atoms with E-state index >= 15 is 0 Å². The van der Waals surface area contributed by atoms with E-state index in [0.717, 1.165) is 6.07 Å². The average Bonchev–Trinajstić information content (AvgIpc) is 3.00. The molecule has 1 fully saturated rings. The minimum atomic E-state index is -3.76. The standard InChI is InChI=1S/C15H21F2N3O4S/c1-2-5-25(22,23)20-13-7-12(10(16)6-11(13)17)19-15(21)14-4-3-9(8-18)24-14/h6-7,9,14,20H,2-5,8,18H2,1H3,(H,19,21)/t9-,14+/m1/s1. The zero-order valence-electron chi connectivity index (χ0n) is 13.7. The summed E-state index contributed by atoms with van der Waals surface area (Å²) < 4.78 is 58.7. The van der Waals surface area contributed by atoms with Crippen molar-refractivity contribution in [2.24, 2.45) is 5.73 Å². The molecular weight excluding hydrogens is 356 g/mol. The fraction of sp³-hybridized carbons (Fsp3) is 0.533. The molecule has 10 heteroatoms. The Balaban J connectivity index is 2.15. The third kappa shape index (κ3) is 5.10. The molecule has 1 aromatic carbocycles. The molecule has 2 rings (SSSR count). The zero-order valence-corrected chi connectivity index (χ0v) is 14.5. The van der Waals surface area contributed by atoms with Gasteiger partial charge in [-0.25, -0.2) is 17.2 Å². The van der Waals surface area contributed by atoms with Gasteiger partial charge in [0.15, 0.2) is 0 Å². The second-order valence-electron chi connectivity index (χ2n) is 5.78. The maximum absolute atomic E-state index is 13.9. The maximum atomic E-state index is 13.9. The zero-order chi connectivity index (χ0) is 18.6. The van der Waals surface area contributed by atoms with Gasteiger partial charge in [0.2, 0.25) is 10.0 Å². The van der Waals surface area contributed by atoms with E-state index in [1.54, 1.807) is 6.92 Å². The van der Waals surface area contributed by atoms with Crippen LogP contribution in [-0.4, -0.2) is 38.8 Å². The third-order valence-corrected chi connectivity index (χ3v) is 5.19. The first-order valence-corrected chi connectivity index (χ1v) is 9.57. The lowest BCUT2D eigenvalue weighted by atomic mass is 10.2. The minimum absolute atomic E-state index is 0.206. The molecular formula is C15H21F2N3O4S. The number of carbonyl (C=O) groups is 1. The number of rotatable bonds is 7. The number of hydrogen-bond donors (Lipinski definition) is 3. The molecule has 140 valence electrons. The minimum Gasteiger partial charge on any atom is -0.364 e. The normalized spacial score (nSPS) is 20.5. The number of carbonyl (C=O) groups excluding carboxylic acids is 1. The highest BCUT2D eigenvalue weighted by Gasteiger charge is 2.30. The van der Waals surface area contributed by atoms with Crippen LogP contribution in [0.4, 0.5) is 20.2 Å². The quantitative estimate of drug-likeness (QED) is 0.668. The van der Waals surface area contributed by atoms with Gasteiger partial charge in [-0.05, 0) is 25.3 Å². The van der Waals surface area contributed by atoms with Crippen molar-refractivity contribution in [3.63, 3.8) is 0 Å². The highest BCUT2D eigenvalue weighted by molar-refractivity contribution is 7.92. The van der Waals surface area contributed by atoms with Crippen LogP contribution in [0.1, 0.15) is 26.2 Å². The van der Waals surface area contributed by atoms with Gasteiger partial charge in [-0.15, -0.1) is 0 Å². The van der Waals surface area contributed by atoms with Crippen LogP contribution in [0.2, 0.25) is 0 Å². The lowest BCUT2D eigenvalue weighted by molar-refractivity contribution is -0.126. The van der Waals surface area contributed by atoms with Gasteiger partial charge in [-0.1, -0.05) is 6.92 Å². The van der Waals surface area contributed by atoms with E-state index < -0.39 is 39.4 Å². The summed E-state index contributed by atoms with van der Waals surface area (Å²) in [4.78, 5) is 12.1. The molecule has 1 amide bonds. The molecule has 25 heavy (non-hydrogen) atoms. The molecule has 0 aliphatic carbocycles. The molecule has 1 saturated heterocycles. The smallest absolute Gasteiger partial charge is 0.253 e. The van der Waals surface area contributed by atoms with E-state index in [0.29, 0.717) is 25.3 Å². The van der Waals surface area contributed by atoms with Gasteiger partial charge in [-0.2, -0.15) is 0 Å². The van der Waals surface area contributed by atoms with Crippen molar-refractivity contribution in [1.82, 2.24) is 0 Å². The fourth-order valence-electron chi connectivity index (χ4n) is 2.50. The number of nitrogens with two attached hydrogens (primary N) is 1. The van der Waals surface area contributed by atoms with Crippen LogP contribution in [0.25, 0.3) is 0 Å². The van der Waals surface area contributed by atoms with E-state index in [-0.39, 0.29) is 24.1 Å². The number of halogens is 2. The summed E-state index contributed by atoms with van der Waals surface area (Å²) in [5.41, 5.74) is 4.70. The number of sulfonamides is 1. The van der Waals surface area contributed by atoms with E-state index in [2.05, 4.69) is 5.32 Å². The number of benzene rings is 1. The predicted octanol–water partition coefficient (Wildman–Crippen LogP) is 1.56. The molecule has 0 unspecified atom stereocenters. The van der Waals surface area contributed by atoms with Crippen molar-refractivity contribution in [1.29, 1.82) is 0 Å². The Morgan fingerprint density at radius 1 is 1.28 bits per heavy atom. The van der Waals surface area contributed by atoms with Crippen LogP contribution in [0.15, 0.2) is 12.1 Å². The summed E-state index contributed by atoms with van der Waals surface area (Å²) in [6.07, 6.45) is 0.376. The number of ether oxygens (including phenoxy) is 1. The van der Waals surface area contributed by atoms with Crippen LogP contribution >= 0.6 is 0 Å². The second-order valence-corrected chi connectivity index (χ2v) is 7.62. The Labute approximate surface area is 145 Å². The van der Waals surface area contributed by atoms with E-state index in [4.69, 9.17) is 10.5 Å². The SMILES string of the molecule is CCCS(=O)(=O)Nc1cc(NC(=O)[C@@H]2CC[C@H](CN)O2)c(F)cc1F.